The number of hydrogen-bond acceptors (Lipinski definition) is 3. The molecule has 0 saturated carbocycles. The molecule has 2 aromatic rings. The number of anilines is 1. The van der Waals surface area contributed by atoms with Gasteiger partial charge in [0.25, 0.3) is 15.9 Å². The maximum Gasteiger partial charge on any atom is 0.261 e. The average Bonchev–Trinajstić information content (AvgIpc) is 2.65. The molecule has 0 atom stereocenters. The molecular weight excluding hydrogens is 369 g/mol. The maximum atomic E-state index is 13.0. The third-order valence-electron chi connectivity index (χ3n) is 4.30. The molecule has 8 heteroatoms. The first-order chi connectivity index (χ1) is 12.9. The molecule has 146 valence electrons. The van der Waals surface area contributed by atoms with Crippen molar-refractivity contribution in [1.29, 1.82) is 0 Å². The fourth-order valence-electron chi connectivity index (χ4n) is 2.64. The molecule has 27 heavy (non-hydrogen) atoms. The predicted molar refractivity (Wildman–Crippen MR) is 103 cm³/mol. The Balaban J connectivity index is 2.13. The van der Waals surface area contributed by atoms with Gasteiger partial charge in [-0.25, -0.2) is 12.8 Å². The molecule has 1 amide bonds. The van der Waals surface area contributed by atoms with Crippen molar-refractivity contribution in [1.82, 2.24) is 5.32 Å². The molecule has 0 aliphatic rings. The number of hydrogen-bond donors (Lipinski definition) is 3. The zero-order valence-electron chi connectivity index (χ0n) is 15.5. The van der Waals surface area contributed by atoms with Gasteiger partial charge in [-0.15, -0.1) is 0 Å². The highest BCUT2D eigenvalue weighted by Crippen LogP contribution is 2.20. The van der Waals surface area contributed by atoms with Crippen LogP contribution in [0.25, 0.3) is 0 Å². The van der Waals surface area contributed by atoms with Crippen molar-refractivity contribution in [3.05, 3.63) is 59.9 Å². The summed E-state index contributed by atoms with van der Waals surface area (Å²) >= 11 is 0. The Morgan fingerprint density at radius 2 is 1.67 bits per heavy atom. The molecule has 6 nitrogen and oxygen atoms in total. The lowest BCUT2D eigenvalue weighted by atomic mass is 10.1. The summed E-state index contributed by atoms with van der Waals surface area (Å²) in [5.74, 6) is -0.872. The molecule has 0 fully saturated rings. The van der Waals surface area contributed by atoms with Gasteiger partial charge >= 0.3 is 0 Å². The second-order valence-electron chi connectivity index (χ2n) is 6.07. The van der Waals surface area contributed by atoms with Gasteiger partial charge in [0.15, 0.2) is 0 Å². The molecule has 0 aliphatic heterocycles. The number of quaternary nitrogens is 1. The lowest BCUT2D eigenvalue weighted by Gasteiger charge is -2.16. The molecule has 0 unspecified atom stereocenters. The number of benzene rings is 2. The van der Waals surface area contributed by atoms with E-state index in [2.05, 4.69) is 23.9 Å². The van der Waals surface area contributed by atoms with Crippen molar-refractivity contribution in [3.63, 3.8) is 0 Å². The van der Waals surface area contributed by atoms with Crippen molar-refractivity contribution in [3.8, 4) is 0 Å². The first-order valence-electron chi connectivity index (χ1n) is 8.86. The molecule has 2 rings (SSSR count). The molecule has 0 radical (unpaired) electrons. The summed E-state index contributed by atoms with van der Waals surface area (Å²) in [5.41, 5.74) is 0.409. The van der Waals surface area contributed by atoms with Gasteiger partial charge in [0, 0.05) is 0 Å². The minimum Gasteiger partial charge on any atom is -0.346 e. The van der Waals surface area contributed by atoms with Crippen molar-refractivity contribution in [2.45, 2.75) is 18.7 Å². The second-order valence-corrected chi connectivity index (χ2v) is 7.75. The zero-order valence-corrected chi connectivity index (χ0v) is 16.3. The number of rotatable bonds is 9. The molecule has 0 heterocycles. The first-order valence-corrected chi connectivity index (χ1v) is 10.3. The molecule has 3 N–H and O–H groups in total. The van der Waals surface area contributed by atoms with Crippen molar-refractivity contribution in [2.24, 2.45) is 0 Å². The smallest absolute Gasteiger partial charge is 0.261 e. The molecule has 2 aromatic carbocycles. The minimum atomic E-state index is -3.93. The molecule has 0 bridgehead atoms. The van der Waals surface area contributed by atoms with Gasteiger partial charge in [0.05, 0.1) is 42.3 Å². The van der Waals surface area contributed by atoms with Gasteiger partial charge in [-0.2, -0.15) is 0 Å². The van der Waals surface area contributed by atoms with Crippen molar-refractivity contribution in [2.75, 3.05) is 30.9 Å². The van der Waals surface area contributed by atoms with Gasteiger partial charge in [-0.3, -0.25) is 9.52 Å². The fraction of sp³-hybridized carbons (Fsp3) is 0.316. The van der Waals surface area contributed by atoms with E-state index in [1.165, 1.54) is 23.1 Å². The van der Waals surface area contributed by atoms with Crippen molar-refractivity contribution >= 4 is 21.6 Å². The quantitative estimate of drug-likeness (QED) is 0.600. The van der Waals surface area contributed by atoms with Gasteiger partial charge < -0.3 is 10.2 Å². The van der Waals surface area contributed by atoms with E-state index in [1.54, 1.807) is 18.2 Å². The van der Waals surface area contributed by atoms with Crippen LogP contribution in [0.5, 0.6) is 0 Å². The molecule has 0 spiro atoms. The number of likely N-dealkylation sites (N-methyl/N-ethyl adjacent to an activating group) is 1. The molecular formula is C19H25FN3O3S+. The SMILES string of the molecule is CC[NH+](CC)CCNC(=O)c1ccccc1NS(=O)(=O)c1ccc(F)cc1. The van der Waals surface area contributed by atoms with Crippen molar-refractivity contribution < 1.29 is 22.5 Å². The molecule has 0 saturated heterocycles. The lowest BCUT2D eigenvalue weighted by Crippen LogP contribution is -3.12. The third-order valence-corrected chi connectivity index (χ3v) is 5.69. The summed E-state index contributed by atoms with van der Waals surface area (Å²) in [6.07, 6.45) is 0. The Morgan fingerprint density at radius 1 is 1.04 bits per heavy atom. The first kappa shape index (κ1) is 20.9. The van der Waals surface area contributed by atoms with E-state index in [0.29, 0.717) is 6.54 Å². The number of para-hydroxylation sites is 1. The van der Waals surface area contributed by atoms with E-state index in [4.69, 9.17) is 0 Å². The van der Waals surface area contributed by atoms with Crippen LogP contribution >= 0.6 is 0 Å². The highest BCUT2D eigenvalue weighted by atomic mass is 32.2. The summed E-state index contributed by atoms with van der Waals surface area (Å²) in [4.78, 5) is 13.8. The number of nitrogens with one attached hydrogen (secondary N) is 3. The zero-order chi connectivity index (χ0) is 19.9. The average molecular weight is 394 g/mol. The van der Waals surface area contributed by atoms with Crippen LogP contribution in [0.15, 0.2) is 53.4 Å². The van der Waals surface area contributed by atoms with Crippen LogP contribution in [0.3, 0.4) is 0 Å². The highest BCUT2D eigenvalue weighted by molar-refractivity contribution is 7.92. The van der Waals surface area contributed by atoms with Crippen LogP contribution in [0.1, 0.15) is 24.2 Å². The van der Waals surface area contributed by atoms with Crippen LogP contribution in [0, 0.1) is 5.82 Å². The van der Waals surface area contributed by atoms with E-state index in [0.717, 1.165) is 31.8 Å². The Kier molecular flexibility index (Phi) is 7.32. The van der Waals surface area contributed by atoms with E-state index in [-0.39, 0.29) is 22.1 Å². The van der Waals surface area contributed by atoms with Gasteiger partial charge in [0.1, 0.15) is 5.82 Å². The normalized spacial score (nSPS) is 11.4. The standard InChI is InChI=1S/C19H24FN3O3S/c1-3-23(4-2)14-13-21-19(24)17-7-5-6-8-18(17)22-27(25,26)16-11-9-15(20)10-12-16/h5-12,22H,3-4,13-14H2,1-2H3,(H,21,24)/p+1. The maximum absolute atomic E-state index is 13.0. The Morgan fingerprint density at radius 3 is 2.30 bits per heavy atom. The summed E-state index contributed by atoms with van der Waals surface area (Å²) in [6.45, 7) is 7.40. The minimum absolute atomic E-state index is 0.0794. The molecule has 0 aliphatic carbocycles. The summed E-state index contributed by atoms with van der Waals surface area (Å²) < 4.78 is 40.4. The largest absolute Gasteiger partial charge is 0.346 e. The Labute approximate surface area is 159 Å². The fourth-order valence-corrected chi connectivity index (χ4v) is 3.72. The van der Waals surface area contributed by atoms with E-state index < -0.39 is 15.8 Å². The Bertz CT molecular complexity index is 866. The summed E-state index contributed by atoms with van der Waals surface area (Å²) in [5, 5.41) is 2.83. The number of amides is 1. The van der Waals surface area contributed by atoms with E-state index >= 15 is 0 Å². The van der Waals surface area contributed by atoms with Gasteiger partial charge in [-0.05, 0) is 50.2 Å². The number of carbonyl (C=O) groups is 1. The number of sulfonamides is 1. The van der Waals surface area contributed by atoms with Gasteiger partial charge in [0.2, 0.25) is 0 Å². The monoisotopic (exact) mass is 394 g/mol. The van der Waals surface area contributed by atoms with Crippen LogP contribution < -0.4 is 14.9 Å². The van der Waals surface area contributed by atoms with Gasteiger partial charge in [-0.1, -0.05) is 12.1 Å². The summed E-state index contributed by atoms with van der Waals surface area (Å²) in [6, 6.07) is 10.9. The third kappa shape index (κ3) is 5.77. The van der Waals surface area contributed by atoms with E-state index in [1.807, 2.05) is 0 Å². The highest BCUT2D eigenvalue weighted by Gasteiger charge is 2.18. The number of halogens is 1. The lowest BCUT2D eigenvalue weighted by molar-refractivity contribution is -0.895. The number of carbonyl (C=O) groups excluding carboxylic acids is 1. The topological polar surface area (TPSA) is 79.7 Å². The van der Waals surface area contributed by atoms with Crippen LogP contribution in [0.2, 0.25) is 0 Å². The van der Waals surface area contributed by atoms with Crippen LogP contribution in [-0.2, 0) is 10.0 Å². The van der Waals surface area contributed by atoms with Crippen LogP contribution in [0.4, 0.5) is 10.1 Å². The molecule has 0 aromatic heterocycles. The predicted octanol–water partition coefficient (Wildman–Crippen LogP) is 1.28. The summed E-state index contributed by atoms with van der Waals surface area (Å²) in [7, 11) is -3.93. The van der Waals surface area contributed by atoms with E-state index in [9.17, 15) is 17.6 Å². The second kappa shape index (κ2) is 9.48. The van der Waals surface area contributed by atoms with Crippen LogP contribution in [-0.4, -0.2) is 40.5 Å². The Hall–Kier alpha value is -2.45.